The molecule has 5 nitrogen and oxygen atoms in total. The van der Waals surface area contributed by atoms with Crippen LogP contribution in [0.3, 0.4) is 0 Å². The van der Waals surface area contributed by atoms with Gasteiger partial charge in [0.15, 0.2) is 6.61 Å². The monoisotopic (exact) mass is 406 g/mol. The van der Waals surface area contributed by atoms with Crippen LogP contribution in [0.4, 0.5) is 0 Å². The number of nitrogens with one attached hydrogen (secondary N) is 1. The van der Waals surface area contributed by atoms with Gasteiger partial charge in [0.05, 0.1) is 16.7 Å². The van der Waals surface area contributed by atoms with Crippen LogP contribution in [0.25, 0.3) is 11.3 Å². The number of rotatable bonds is 5. The van der Waals surface area contributed by atoms with Gasteiger partial charge in [-0.05, 0) is 37.3 Å². The molecule has 1 aromatic heterocycles. The number of fused-ring (bicyclic) bond motifs is 1. The maximum absolute atomic E-state index is 12.6. The van der Waals surface area contributed by atoms with E-state index < -0.39 is 5.97 Å². The number of hydrogen-bond acceptors (Lipinski definition) is 5. The number of amides is 1. The Kier molecular flexibility index (Phi) is 5.71. The minimum absolute atomic E-state index is 0.0309. The van der Waals surface area contributed by atoms with Gasteiger partial charge in [0.2, 0.25) is 0 Å². The SMILES string of the molecule is Cc1nc(-c2ccccc2)c(C(=O)OCC(=O)N[C@@H]2CCCc3ccccc32)s1. The van der Waals surface area contributed by atoms with Gasteiger partial charge in [-0.1, -0.05) is 54.6 Å². The van der Waals surface area contributed by atoms with E-state index in [0.717, 1.165) is 35.4 Å². The van der Waals surface area contributed by atoms with E-state index in [1.165, 1.54) is 16.9 Å². The summed E-state index contributed by atoms with van der Waals surface area (Å²) in [5.74, 6) is -0.809. The van der Waals surface area contributed by atoms with Crippen LogP contribution in [0.15, 0.2) is 54.6 Å². The lowest BCUT2D eigenvalue weighted by atomic mass is 9.88. The van der Waals surface area contributed by atoms with Gasteiger partial charge in [-0.3, -0.25) is 4.79 Å². The Morgan fingerprint density at radius 2 is 1.90 bits per heavy atom. The van der Waals surface area contributed by atoms with Crippen molar-refractivity contribution in [2.24, 2.45) is 0 Å². The highest BCUT2D eigenvalue weighted by molar-refractivity contribution is 7.14. The van der Waals surface area contributed by atoms with E-state index in [1.807, 2.05) is 49.4 Å². The molecule has 0 bridgehead atoms. The number of aromatic nitrogens is 1. The minimum Gasteiger partial charge on any atom is -0.451 e. The average molecular weight is 407 g/mol. The molecule has 2 aromatic carbocycles. The Morgan fingerprint density at radius 1 is 1.14 bits per heavy atom. The van der Waals surface area contributed by atoms with Crippen molar-refractivity contribution in [2.75, 3.05) is 6.61 Å². The summed E-state index contributed by atoms with van der Waals surface area (Å²) in [4.78, 5) is 29.9. The zero-order valence-corrected chi connectivity index (χ0v) is 17.0. The van der Waals surface area contributed by atoms with E-state index in [9.17, 15) is 9.59 Å². The van der Waals surface area contributed by atoms with Crippen LogP contribution in [0, 0.1) is 6.92 Å². The average Bonchev–Trinajstić information content (AvgIpc) is 3.15. The van der Waals surface area contributed by atoms with Crippen molar-refractivity contribution in [1.82, 2.24) is 10.3 Å². The molecule has 1 aliphatic rings. The summed E-state index contributed by atoms with van der Waals surface area (Å²) < 4.78 is 5.31. The summed E-state index contributed by atoms with van der Waals surface area (Å²) >= 11 is 1.28. The quantitative estimate of drug-likeness (QED) is 0.635. The number of esters is 1. The van der Waals surface area contributed by atoms with Crippen LogP contribution < -0.4 is 5.32 Å². The highest BCUT2D eigenvalue weighted by Crippen LogP contribution is 2.30. The lowest BCUT2D eigenvalue weighted by Crippen LogP contribution is -2.34. The molecular formula is C23H22N2O3S. The Morgan fingerprint density at radius 3 is 2.72 bits per heavy atom. The van der Waals surface area contributed by atoms with E-state index in [0.29, 0.717) is 10.6 Å². The zero-order chi connectivity index (χ0) is 20.2. The van der Waals surface area contributed by atoms with Gasteiger partial charge in [0.25, 0.3) is 5.91 Å². The molecule has 148 valence electrons. The number of nitrogens with zero attached hydrogens (tertiary/aromatic N) is 1. The molecule has 29 heavy (non-hydrogen) atoms. The number of thiazole rings is 1. The second-order valence-electron chi connectivity index (χ2n) is 7.06. The fraction of sp³-hybridized carbons (Fsp3) is 0.261. The largest absolute Gasteiger partial charge is 0.451 e. The molecule has 1 atom stereocenters. The van der Waals surface area contributed by atoms with E-state index in [-0.39, 0.29) is 18.6 Å². The third-order valence-electron chi connectivity index (χ3n) is 5.01. The van der Waals surface area contributed by atoms with Crippen molar-refractivity contribution in [3.8, 4) is 11.3 Å². The van der Waals surface area contributed by atoms with Crippen molar-refractivity contribution in [2.45, 2.75) is 32.2 Å². The molecule has 0 saturated carbocycles. The van der Waals surface area contributed by atoms with Crippen molar-refractivity contribution in [1.29, 1.82) is 0 Å². The third kappa shape index (κ3) is 4.38. The Bertz CT molecular complexity index is 1030. The lowest BCUT2D eigenvalue weighted by Gasteiger charge is -2.26. The van der Waals surface area contributed by atoms with E-state index in [2.05, 4.69) is 22.4 Å². The molecule has 3 aromatic rings. The van der Waals surface area contributed by atoms with Gasteiger partial charge in [0, 0.05) is 5.56 Å². The van der Waals surface area contributed by atoms with Crippen LogP contribution in [0.5, 0.6) is 0 Å². The highest BCUT2D eigenvalue weighted by atomic mass is 32.1. The van der Waals surface area contributed by atoms with Crippen molar-refractivity contribution in [3.05, 3.63) is 75.6 Å². The van der Waals surface area contributed by atoms with Crippen molar-refractivity contribution < 1.29 is 14.3 Å². The summed E-state index contributed by atoms with van der Waals surface area (Å²) in [5, 5.41) is 3.78. The molecule has 1 heterocycles. The van der Waals surface area contributed by atoms with Crippen molar-refractivity contribution >= 4 is 23.2 Å². The standard InChI is InChI=1S/C23H22N2O3S/c1-15-24-21(17-9-3-2-4-10-17)22(29-15)23(27)28-14-20(26)25-19-13-7-11-16-8-5-6-12-18(16)19/h2-6,8-10,12,19H,7,11,13-14H2,1H3,(H,25,26)/t19-/m1/s1. The van der Waals surface area contributed by atoms with Crippen LogP contribution in [-0.4, -0.2) is 23.5 Å². The first-order valence-corrected chi connectivity index (χ1v) is 10.5. The molecule has 1 amide bonds. The summed E-state index contributed by atoms with van der Waals surface area (Å²) in [6, 6.07) is 17.6. The molecule has 6 heteroatoms. The normalized spacial score (nSPS) is 15.4. The van der Waals surface area contributed by atoms with Gasteiger partial charge in [-0.15, -0.1) is 11.3 Å². The molecule has 0 spiro atoms. The van der Waals surface area contributed by atoms with Crippen LogP contribution >= 0.6 is 11.3 Å². The summed E-state index contributed by atoms with van der Waals surface area (Å²) in [5.41, 5.74) is 3.88. The van der Waals surface area contributed by atoms with E-state index >= 15 is 0 Å². The smallest absolute Gasteiger partial charge is 0.351 e. The molecular weight excluding hydrogens is 384 g/mol. The fourth-order valence-corrected chi connectivity index (χ4v) is 4.53. The highest BCUT2D eigenvalue weighted by Gasteiger charge is 2.23. The fourth-order valence-electron chi connectivity index (χ4n) is 3.69. The van der Waals surface area contributed by atoms with Gasteiger partial charge < -0.3 is 10.1 Å². The lowest BCUT2D eigenvalue weighted by molar-refractivity contribution is -0.125. The topological polar surface area (TPSA) is 68.3 Å². The van der Waals surface area contributed by atoms with Crippen LogP contribution in [0.2, 0.25) is 0 Å². The molecule has 0 aliphatic heterocycles. The Labute approximate surface area is 173 Å². The Balaban J connectivity index is 1.40. The maximum Gasteiger partial charge on any atom is 0.351 e. The number of carbonyl (C=O) groups excluding carboxylic acids is 2. The molecule has 1 aliphatic carbocycles. The van der Waals surface area contributed by atoms with E-state index in [1.54, 1.807) is 0 Å². The predicted molar refractivity (Wildman–Crippen MR) is 113 cm³/mol. The zero-order valence-electron chi connectivity index (χ0n) is 16.2. The van der Waals surface area contributed by atoms with Gasteiger partial charge in [-0.2, -0.15) is 0 Å². The molecule has 0 radical (unpaired) electrons. The van der Waals surface area contributed by atoms with Crippen molar-refractivity contribution in [3.63, 3.8) is 0 Å². The number of carbonyl (C=O) groups is 2. The first-order chi connectivity index (χ1) is 14.1. The molecule has 0 saturated heterocycles. The molecule has 4 rings (SSSR count). The first-order valence-electron chi connectivity index (χ1n) is 9.69. The van der Waals surface area contributed by atoms with Gasteiger partial charge in [0.1, 0.15) is 4.88 Å². The van der Waals surface area contributed by atoms with Gasteiger partial charge in [-0.25, -0.2) is 9.78 Å². The number of hydrogen-bond donors (Lipinski definition) is 1. The third-order valence-corrected chi connectivity index (χ3v) is 5.96. The first kappa shape index (κ1) is 19.3. The second-order valence-corrected chi connectivity index (χ2v) is 8.27. The minimum atomic E-state index is -0.520. The summed E-state index contributed by atoms with van der Waals surface area (Å²) in [6.45, 7) is 1.55. The molecule has 0 fully saturated rings. The molecule has 0 unspecified atom stereocenters. The summed E-state index contributed by atoms with van der Waals surface area (Å²) in [6.07, 6.45) is 2.95. The van der Waals surface area contributed by atoms with Crippen LogP contribution in [0.1, 0.15) is 44.7 Å². The Hall–Kier alpha value is -2.99. The van der Waals surface area contributed by atoms with E-state index in [4.69, 9.17) is 4.74 Å². The van der Waals surface area contributed by atoms with Crippen LogP contribution in [-0.2, 0) is 16.0 Å². The van der Waals surface area contributed by atoms with Gasteiger partial charge >= 0.3 is 5.97 Å². The number of ether oxygens (including phenoxy) is 1. The number of aryl methyl sites for hydroxylation is 2. The summed E-state index contributed by atoms with van der Waals surface area (Å²) in [7, 11) is 0. The predicted octanol–water partition coefficient (Wildman–Crippen LogP) is 4.47. The maximum atomic E-state index is 12.6. The second kappa shape index (κ2) is 8.57. The number of benzene rings is 2. The molecule has 1 N–H and O–H groups in total.